The number of benzene rings is 2. The van der Waals surface area contributed by atoms with E-state index in [0.29, 0.717) is 22.9 Å². The van der Waals surface area contributed by atoms with Crippen LogP contribution >= 0.6 is 0 Å². The molecule has 1 N–H and O–H groups in total. The van der Waals surface area contributed by atoms with Gasteiger partial charge in [0.15, 0.2) is 24.7 Å². The number of aryl methyl sites for hydroxylation is 1. The number of carbonyl (C=O) groups is 2. The van der Waals surface area contributed by atoms with E-state index in [0.717, 1.165) is 16.9 Å². The van der Waals surface area contributed by atoms with Crippen molar-refractivity contribution >= 4 is 23.6 Å². The molecule has 0 unspecified atom stereocenters. The van der Waals surface area contributed by atoms with Crippen molar-refractivity contribution in [1.82, 2.24) is 9.78 Å². The molecule has 0 aliphatic heterocycles. The van der Waals surface area contributed by atoms with Gasteiger partial charge >= 0.3 is 5.97 Å². The van der Waals surface area contributed by atoms with Crippen LogP contribution in [0.1, 0.15) is 23.9 Å². The average molecular weight is 450 g/mol. The Hall–Kier alpha value is -4.07. The van der Waals surface area contributed by atoms with Gasteiger partial charge in [0.1, 0.15) is 0 Å². The Morgan fingerprint density at radius 2 is 1.82 bits per heavy atom. The molecule has 1 heterocycles. The van der Waals surface area contributed by atoms with Crippen LogP contribution in [0.3, 0.4) is 0 Å². The van der Waals surface area contributed by atoms with Crippen molar-refractivity contribution in [3.8, 4) is 17.2 Å². The highest BCUT2D eigenvalue weighted by molar-refractivity contribution is 5.94. The lowest BCUT2D eigenvalue weighted by Crippen LogP contribution is -2.24. The number of rotatable bonds is 9. The maximum atomic E-state index is 12.3. The van der Waals surface area contributed by atoms with Gasteiger partial charge in [-0.05, 0) is 50.6 Å². The lowest BCUT2D eigenvalue weighted by molar-refractivity contribution is -0.149. The predicted molar refractivity (Wildman–Crippen MR) is 126 cm³/mol. The van der Waals surface area contributed by atoms with E-state index >= 15 is 0 Å². The van der Waals surface area contributed by atoms with Gasteiger partial charge in [-0.15, -0.1) is 0 Å². The minimum absolute atomic E-state index is 0.351. The van der Waals surface area contributed by atoms with Crippen LogP contribution in [-0.2, 0) is 14.3 Å². The molecule has 1 aromatic heterocycles. The smallest absolute Gasteiger partial charge is 0.344 e. The van der Waals surface area contributed by atoms with E-state index in [1.54, 1.807) is 23.7 Å². The minimum atomic E-state index is -0.668. The van der Waals surface area contributed by atoms with Gasteiger partial charge in [-0.2, -0.15) is 5.10 Å². The lowest BCUT2D eigenvalue weighted by atomic mass is 10.2. The Labute approximate surface area is 192 Å². The SMILES string of the molecule is C/C=C/c1ccc(OCC(=O)OCC(=O)Nc2c(C)nn(-c3ccccc3)c2C)c(OC)c1. The zero-order valence-electron chi connectivity index (χ0n) is 19.1. The number of aromatic nitrogens is 2. The Kier molecular flexibility index (Phi) is 7.86. The molecule has 33 heavy (non-hydrogen) atoms. The van der Waals surface area contributed by atoms with Crippen LogP contribution < -0.4 is 14.8 Å². The lowest BCUT2D eigenvalue weighted by Gasteiger charge is -2.11. The molecule has 0 spiro atoms. The van der Waals surface area contributed by atoms with E-state index in [1.165, 1.54) is 7.11 Å². The monoisotopic (exact) mass is 449 g/mol. The molecular weight excluding hydrogens is 422 g/mol. The van der Waals surface area contributed by atoms with Gasteiger partial charge in [0.2, 0.25) is 0 Å². The zero-order chi connectivity index (χ0) is 23.8. The van der Waals surface area contributed by atoms with Gasteiger partial charge in [-0.1, -0.05) is 36.4 Å². The summed E-state index contributed by atoms with van der Waals surface area (Å²) in [5.74, 6) is -0.224. The summed E-state index contributed by atoms with van der Waals surface area (Å²) in [6, 6.07) is 15.0. The van der Waals surface area contributed by atoms with Crippen molar-refractivity contribution in [1.29, 1.82) is 0 Å². The summed E-state index contributed by atoms with van der Waals surface area (Å²) in [5, 5.41) is 7.25. The average Bonchev–Trinajstić information content (AvgIpc) is 3.10. The molecule has 2 aromatic carbocycles. The number of carbonyl (C=O) groups excluding carboxylic acids is 2. The van der Waals surface area contributed by atoms with Gasteiger partial charge in [0, 0.05) is 0 Å². The third-order valence-electron chi connectivity index (χ3n) is 4.81. The number of hydrogen-bond acceptors (Lipinski definition) is 6. The second-order valence-corrected chi connectivity index (χ2v) is 7.20. The second-order valence-electron chi connectivity index (χ2n) is 7.20. The number of nitrogens with one attached hydrogen (secondary N) is 1. The molecule has 3 rings (SSSR count). The van der Waals surface area contributed by atoms with Crippen LogP contribution in [0.25, 0.3) is 11.8 Å². The standard InChI is InChI=1S/C25H27N3O5/c1-5-9-19-12-13-21(22(14-19)31-4)32-16-24(30)33-15-23(29)26-25-17(2)27-28(18(25)3)20-10-7-6-8-11-20/h5-14H,15-16H2,1-4H3,(H,26,29)/b9-5+. The fourth-order valence-electron chi connectivity index (χ4n) is 3.24. The van der Waals surface area contributed by atoms with Crippen LogP contribution in [-0.4, -0.2) is 42.0 Å². The van der Waals surface area contributed by atoms with Crippen molar-refractivity contribution < 1.29 is 23.8 Å². The van der Waals surface area contributed by atoms with Crippen LogP contribution in [0.4, 0.5) is 5.69 Å². The highest BCUT2D eigenvalue weighted by Crippen LogP contribution is 2.28. The number of para-hydroxylation sites is 1. The van der Waals surface area contributed by atoms with Crippen LogP contribution in [0.5, 0.6) is 11.5 Å². The third kappa shape index (κ3) is 6.00. The largest absolute Gasteiger partial charge is 0.493 e. The first-order valence-corrected chi connectivity index (χ1v) is 10.4. The summed E-state index contributed by atoms with van der Waals surface area (Å²) in [6.45, 7) is 4.79. The molecule has 1 amide bonds. The zero-order valence-corrected chi connectivity index (χ0v) is 19.1. The number of allylic oxidation sites excluding steroid dienone is 1. The van der Waals surface area contributed by atoms with E-state index in [2.05, 4.69) is 10.4 Å². The molecule has 0 saturated carbocycles. The third-order valence-corrected chi connectivity index (χ3v) is 4.81. The van der Waals surface area contributed by atoms with Gasteiger partial charge in [-0.25, -0.2) is 9.48 Å². The number of nitrogens with zero attached hydrogens (tertiary/aromatic N) is 2. The highest BCUT2D eigenvalue weighted by Gasteiger charge is 2.17. The Morgan fingerprint density at radius 1 is 1.06 bits per heavy atom. The molecule has 0 saturated heterocycles. The summed E-state index contributed by atoms with van der Waals surface area (Å²) < 4.78 is 17.6. The van der Waals surface area contributed by atoms with Crippen molar-refractivity contribution in [2.24, 2.45) is 0 Å². The normalized spacial score (nSPS) is 10.8. The summed E-state index contributed by atoms with van der Waals surface area (Å²) in [6.07, 6.45) is 3.83. The number of hydrogen-bond donors (Lipinski definition) is 1. The minimum Gasteiger partial charge on any atom is -0.493 e. The van der Waals surface area contributed by atoms with E-state index in [-0.39, 0.29) is 6.61 Å². The molecule has 172 valence electrons. The Bertz CT molecular complexity index is 1150. The van der Waals surface area contributed by atoms with Crippen molar-refractivity contribution in [3.05, 3.63) is 71.6 Å². The Morgan fingerprint density at radius 3 is 2.52 bits per heavy atom. The van der Waals surface area contributed by atoms with Crippen molar-refractivity contribution in [2.45, 2.75) is 20.8 Å². The summed E-state index contributed by atoms with van der Waals surface area (Å²) in [7, 11) is 1.52. The molecule has 3 aromatic rings. The second kappa shape index (κ2) is 11.0. The van der Waals surface area contributed by atoms with E-state index in [4.69, 9.17) is 14.2 Å². The van der Waals surface area contributed by atoms with Gasteiger partial charge in [-0.3, -0.25) is 4.79 Å². The number of esters is 1. The number of methoxy groups -OCH3 is 1. The molecule has 8 nitrogen and oxygen atoms in total. The fraction of sp³-hybridized carbons (Fsp3) is 0.240. The first kappa shape index (κ1) is 23.6. The molecule has 0 aliphatic carbocycles. The van der Waals surface area contributed by atoms with Gasteiger partial charge < -0.3 is 19.5 Å². The van der Waals surface area contributed by atoms with Crippen molar-refractivity contribution in [3.63, 3.8) is 0 Å². The topological polar surface area (TPSA) is 91.7 Å². The molecule has 8 heteroatoms. The number of ether oxygens (including phenoxy) is 3. The molecule has 0 fully saturated rings. The number of anilines is 1. The van der Waals surface area contributed by atoms with E-state index in [1.807, 2.05) is 62.4 Å². The van der Waals surface area contributed by atoms with Crippen LogP contribution in [0, 0.1) is 13.8 Å². The highest BCUT2D eigenvalue weighted by atomic mass is 16.6. The quantitative estimate of drug-likeness (QED) is 0.495. The maximum absolute atomic E-state index is 12.3. The van der Waals surface area contributed by atoms with Crippen molar-refractivity contribution in [2.75, 3.05) is 25.6 Å². The molecule has 0 atom stereocenters. The van der Waals surface area contributed by atoms with Crippen LogP contribution in [0.15, 0.2) is 54.6 Å². The van der Waals surface area contributed by atoms with Crippen LogP contribution in [0.2, 0.25) is 0 Å². The fourth-order valence-corrected chi connectivity index (χ4v) is 3.24. The summed E-state index contributed by atoms with van der Waals surface area (Å²) in [4.78, 5) is 24.4. The molecule has 0 aliphatic rings. The van der Waals surface area contributed by atoms with E-state index < -0.39 is 18.5 Å². The molecule has 0 radical (unpaired) electrons. The first-order valence-electron chi connectivity index (χ1n) is 10.4. The molecule has 0 bridgehead atoms. The first-order chi connectivity index (χ1) is 15.9. The van der Waals surface area contributed by atoms with E-state index in [9.17, 15) is 9.59 Å². The van der Waals surface area contributed by atoms with Gasteiger partial charge in [0.25, 0.3) is 5.91 Å². The van der Waals surface area contributed by atoms with Gasteiger partial charge in [0.05, 0.1) is 29.9 Å². The predicted octanol–water partition coefficient (Wildman–Crippen LogP) is 4.09. The maximum Gasteiger partial charge on any atom is 0.344 e. The Balaban J connectivity index is 1.53. The summed E-state index contributed by atoms with van der Waals surface area (Å²) >= 11 is 0. The summed E-state index contributed by atoms with van der Waals surface area (Å²) in [5.41, 5.74) is 3.85. The molecular formula is C25H27N3O5. The number of amides is 1.